The van der Waals surface area contributed by atoms with Crippen LogP contribution in [0.3, 0.4) is 0 Å². The zero-order chi connectivity index (χ0) is 24.7. The highest BCUT2D eigenvalue weighted by molar-refractivity contribution is 6.22. The summed E-state index contributed by atoms with van der Waals surface area (Å²) >= 11 is 0. The van der Waals surface area contributed by atoms with Crippen molar-refractivity contribution in [3.05, 3.63) is 83.9 Å². The van der Waals surface area contributed by atoms with E-state index in [0.717, 1.165) is 11.8 Å². The number of benzene rings is 3. The highest BCUT2D eigenvalue weighted by atomic mass is 16.5. The fourth-order valence-electron chi connectivity index (χ4n) is 6.74. The first-order valence-electron chi connectivity index (χ1n) is 12.3. The van der Waals surface area contributed by atoms with Crippen LogP contribution in [0.5, 0.6) is 5.75 Å². The number of anilines is 1. The topological polar surface area (TPSA) is 80.8 Å². The monoisotopic (exact) mass is 477 g/mol. The molecule has 3 aromatic rings. The Kier molecular flexibility index (Phi) is 4.41. The number of rotatable bonds is 4. The van der Waals surface area contributed by atoms with Gasteiger partial charge in [-0.1, -0.05) is 42.5 Å². The largest absolute Gasteiger partial charge is 0.421 e. The van der Waals surface area contributed by atoms with Crippen LogP contribution in [0.15, 0.2) is 72.8 Å². The van der Waals surface area contributed by atoms with Gasteiger partial charge in [0.25, 0.3) is 0 Å². The minimum absolute atomic E-state index is 0.133. The predicted octanol–water partition coefficient (Wildman–Crippen LogP) is 4.82. The number of fused-ring (bicyclic) bond motifs is 1. The lowest BCUT2D eigenvalue weighted by Gasteiger charge is -2.37. The molecule has 0 radical (unpaired) electrons. The molecular weight excluding hydrogens is 454 g/mol. The lowest BCUT2D eigenvalue weighted by Crippen LogP contribution is -2.40. The summed E-state index contributed by atoms with van der Waals surface area (Å²) in [6, 6.07) is 17.2. The van der Waals surface area contributed by atoms with Gasteiger partial charge in [0.15, 0.2) is 5.78 Å². The van der Waals surface area contributed by atoms with Crippen molar-refractivity contribution >= 4 is 40.0 Å². The zero-order valence-electron chi connectivity index (χ0n) is 19.6. The van der Waals surface area contributed by atoms with Crippen LogP contribution in [0.25, 0.3) is 10.8 Å². The molecule has 0 unspecified atom stereocenters. The summed E-state index contributed by atoms with van der Waals surface area (Å²) in [5, 5.41) is 1.53. The molecule has 6 atom stereocenters. The number of nitrogens with zero attached hydrogens (tertiary/aromatic N) is 1. The van der Waals surface area contributed by atoms with Crippen LogP contribution in [0.2, 0.25) is 0 Å². The normalized spacial score (nSPS) is 29.3. The number of amides is 2. The van der Waals surface area contributed by atoms with Gasteiger partial charge in [-0.05, 0) is 72.7 Å². The van der Waals surface area contributed by atoms with E-state index >= 15 is 0 Å². The first-order valence-corrected chi connectivity index (χ1v) is 12.3. The minimum atomic E-state index is -0.615. The van der Waals surface area contributed by atoms with E-state index in [-0.39, 0.29) is 52.6 Å². The number of allylic oxidation sites excluding steroid dienone is 2. The number of esters is 1. The molecule has 0 spiro atoms. The number of carbonyl (C=O) groups is 4. The van der Waals surface area contributed by atoms with Gasteiger partial charge in [-0.25, -0.2) is 4.79 Å². The Morgan fingerprint density at radius 2 is 1.47 bits per heavy atom. The van der Waals surface area contributed by atoms with Crippen LogP contribution in [0, 0.1) is 35.5 Å². The Morgan fingerprint density at radius 1 is 0.833 bits per heavy atom. The van der Waals surface area contributed by atoms with Gasteiger partial charge in [0, 0.05) is 5.39 Å². The Balaban J connectivity index is 1.16. The van der Waals surface area contributed by atoms with Crippen molar-refractivity contribution in [2.75, 3.05) is 4.90 Å². The maximum Gasteiger partial charge on any atom is 0.343 e. The van der Waals surface area contributed by atoms with Crippen LogP contribution in [-0.2, 0) is 9.59 Å². The van der Waals surface area contributed by atoms with Gasteiger partial charge in [-0.15, -0.1) is 0 Å². The van der Waals surface area contributed by atoms with Crippen LogP contribution >= 0.6 is 0 Å². The SMILES string of the molecule is CC(=O)c1ccc2ccccc2c1OC(=O)c1ccc(N2C(=O)[C@@H]3[C@H]4C=C[C@@H]([C@@H]5C[C@H]45)[C@H]3C2=O)cc1. The molecule has 6 nitrogen and oxygen atoms in total. The van der Waals surface area contributed by atoms with Crippen molar-refractivity contribution in [1.29, 1.82) is 0 Å². The number of imide groups is 1. The average Bonchev–Trinajstić information content (AvgIpc) is 3.67. The summed E-state index contributed by atoms with van der Waals surface area (Å²) in [7, 11) is 0. The first-order chi connectivity index (χ1) is 17.4. The van der Waals surface area contributed by atoms with Gasteiger partial charge in [0.05, 0.1) is 28.7 Å². The van der Waals surface area contributed by atoms with E-state index in [1.54, 1.807) is 30.3 Å². The molecule has 5 aliphatic rings. The summed E-state index contributed by atoms with van der Waals surface area (Å²) in [5.41, 5.74) is 1.06. The molecule has 6 heteroatoms. The molecule has 36 heavy (non-hydrogen) atoms. The fourth-order valence-corrected chi connectivity index (χ4v) is 6.74. The van der Waals surface area contributed by atoms with Crippen molar-refractivity contribution in [2.24, 2.45) is 35.5 Å². The van der Waals surface area contributed by atoms with Crippen LogP contribution in [0.4, 0.5) is 5.69 Å². The predicted molar refractivity (Wildman–Crippen MR) is 133 cm³/mol. The molecule has 1 saturated heterocycles. The molecular formula is C30H23NO5. The van der Waals surface area contributed by atoms with Crippen LogP contribution in [-0.4, -0.2) is 23.6 Å². The highest BCUT2D eigenvalue weighted by Crippen LogP contribution is 2.65. The zero-order valence-corrected chi connectivity index (χ0v) is 19.6. The van der Waals surface area contributed by atoms with Crippen LogP contribution < -0.4 is 9.64 Å². The van der Waals surface area contributed by atoms with Crippen LogP contribution in [0.1, 0.15) is 34.1 Å². The van der Waals surface area contributed by atoms with E-state index in [1.807, 2.05) is 30.3 Å². The number of hydrogen-bond donors (Lipinski definition) is 0. The smallest absolute Gasteiger partial charge is 0.343 e. The summed E-state index contributed by atoms with van der Waals surface area (Å²) < 4.78 is 5.73. The van der Waals surface area contributed by atoms with Crippen molar-refractivity contribution in [2.45, 2.75) is 13.3 Å². The molecule has 0 aromatic heterocycles. The average molecular weight is 478 g/mol. The highest BCUT2D eigenvalue weighted by Gasteiger charge is 2.67. The second kappa shape index (κ2) is 7.47. The number of ether oxygens (including phenoxy) is 1. The lowest BCUT2D eigenvalue weighted by atomic mass is 9.63. The van der Waals surface area contributed by atoms with Gasteiger partial charge >= 0.3 is 5.97 Å². The maximum atomic E-state index is 13.3. The van der Waals surface area contributed by atoms with E-state index in [0.29, 0.717) is 28.5 Å². The molecule has 3 fully saturated rings. The number of ketones is 1. The maximum absolute atomic E-state index is 13.3. The Bertz CT molecular complexity index is 1480. The van der Waals surface area contributed by atoms with Gasteiger partial charge in [-0.2, -0.15) is 0 Å². The van der Waals surface area contributed by atoms with Gasteiger partial charge in [0.1, 0.15) is 5.75 Å². The molecule has 1 heterocycles. The molecule has 4 aliphatic carbocycles. The quantitative estimate of drug-likeness (QED) is 0.177. The molecule has 2 bridgehead atoms. The fraction of sp³-hybridized carbons (Fsp3) is 0.267. The van der Waals surface area contributed by atoms with Crippen molar-refractivity contribution in [3.63, 3.8) is 0 Å². The minimum Gasteiger partial charge on any atom is -0.421 e. The van der Waals surface area contributed by atoms with Crippen molar-refractivity contribution in [3.8, 4) is 5.75 Å². The molecule has 0 N–H and O–H groups in total. The number of Topliss-reactive ketones (excluding diaryl/α,β-unsaturated/α-hetero) is 1. The molecule has 3 aromatic carbocycles. The Labute approximate surface area is 207 Å². The van der Waals surface area contributed by atoms with Gasteiger partial charge in [-0.3, -0.25) is 19.3 Å². The molecule has 2 amide bonds. The number of carbonyl (C=O) groups excluding carboxylic acids is 4. The lowest BCUT2D eigenvalue weighted by molar-refractivity contribution is -0.124. The van der Waals surface area contributed by atoms with E-state index < -0.39 is 5.97 Å². The second-order valence-electron chi connectivity index (χ2n) is 10.3. The Hall–Kier alpha value is -4.06. The third-order valence-electron chi connectivity index (χ3n) is 8.48. The molecule has 8 rings (SSSR count). The van der Waals surface area contributed by atoms with E-state index in [1.165, 1.54) is 11.8 Å². The van der Waals surface area contributed by atoms with Crippen molar-refractivity contribution < 1.29 is 23.9 Å². The molecule has 1 aliphatic heterocycles. The van der Waals surface area contributed by atoms with Gasteiger partial charge < -0.3 is 4.74 Å². The summed E-state index contributed by atoms with van der Waals surface area (Å²) in [4.78, 5) is 53.2. The van der Waals surface area contributed by atoms with E-state index in [9.17, 15) is 19.2 Å². The third-order valence-corrected chi connectivity index (χ3v) is 8.48. The summed E-state index contributed by atoms with van der Waals surface area (Å²) in [6.07, 6.45) is 5.42. The number of hydrogen-bond acceptors (Lipinski definition) is 5. The summed E-state index contributed by atoms with van der Waals surface area (Å²) in [5.74, 6) is 0.0308. The second-order valence-corrected chi connectivity index (χ2v) is 10.3. The van der Waals surface area contributed by atoms with E-state index in [2.05, 4.69) is 12.2 Å². The van der Waals surface area contributed by atoms with E-state index in [4.69, 9.17) is 4.74 Å². The molecule has 178 valence electrons. The standard InChI is InChI=1S/C30H23NO5/c1-15(32)19-11-8-16-4-2-3-5-20(16)27(19)36-30(35)17-6-9-18(10-7-17)31-28(33)25-21-12-13-22(24-14-23(21)24)26(25)29(31)34/h2-13,21-26H,14H2,1H3/t21-,22-,23-,24+,25+,26+/m0/s1. The third kappa shape index (κ3) is 2.90. The Morgan fingerprint density at radius 3 is 2.11 bits per heavy atom. The molecule has 2 saturated carbocycles. The van der Waals surface area contributed by atoms with Gasteiger partial charge in [0.2, 0.25) is 11.8 Å². The summed E-state index contributed by atoms with van der Waals surface area (Å²) in [6.45, 7) is 1.43. The van der Waals surface area contributed by atoms with Crippen molar-refractivity contribution in [1.82, 2.24) is 0 Å². The first kappa shape index (κ1) is 21.2.